The molecule has 1 aromatic carbocycles. The summed E-state index contributed by atoms with van der Waals surface area (Å²) in [7, 11) is 0. The molecule has 1 aromatic rings. The molecule has 0 fully saturated rings. The van der Waals surface area contributed by atoms with Crippen LogP contribution in [0.2, 0.25) is 0 Å². The highest BCUT2D eigenvalue weighted by Crippen LogP contribution is 2.20. The van der Waals surface area contributed by atoms with Gasteiger partial charge in [0.05, 0.1) is 0 Å². The van der Waals surface area contributed by atoms with E-state index in [1.807, 2.05) is 0 Å². The second kappa shape index (κ2) is 3.78. The zero-order valence-corrected chi connectivity index (χ0v) is 9.84. The van der Waals surface area contributed by atoms with E-state index in [1.54, 1.807) is 0 Å². The Balaban J connectivity index is 2.43. The predicted octanol–water partition coefficient (Wildman–Crippen LogP) is 3.18. The van der Waals surface area contributed by atoms with Crippen LogP contribution in [0, 0.1) is 10.5 Å². The van der Waals surface area contributed by atoms with Crippen molar-refractivity contribution >= 4 is 28.3 Å². The van der Waals surface area contributed by atoms with Crippen molar-refractivity contribution in [2.75, 3.05) is 6.54 Å². The highest BCUT2D eigenvalue weighted by molar-refractivity contribution is 14.1. The molecule has 0 bridgehead atoms. The summed E-state index contributed by atoms with van der Waals surface area (Å²) >= 11 is 2.39. The first kappa shape index (κ1) is 9.19. The monoisotopic (exact) mass is 285 g/mol. The van der Waals surface area contributed by atoms with E-state index < -0.39 is 0 Å². The van der Waals surface area contributed by atoms with Gasteiger partial charge in [-0.25, -0.2) is 0 Å². The normalized spacial score (nSPS) is 16.0. The maximum Gasteiger partial charge on any atom is 0.0431 e. The van der Waals surface area contributed by atoms with Gasteiger partial charge in [0.2, 0.25) is 0 Å². The second-order valence-electron chi connectivity index (χ2n) is 3.42. The minimum atomic E-state index is 1.01. The third-order valence-corrected chi connectivity index (χ3v) is 3.25. The molecule has 1 nitrogen and oxygen atoms in total. The van der Waals surface area contributed by atoms with Gasteiger partial charge in [0.15, 0.2) is 0 Å². The van der Waals surface area contributed by atoms with Crippen LogP contribution in [0.25, 0.3) is 0 Å². The summed E-state index contributed by atoms with van der Waals surface area (Å²) in [6.45, 7) is 3.15. The summed E-state index contributed by atoms with van der Waals surface area (Å²) in [4.78, 5) is 4.52. The number of hydrogen-bond acceptors (Lipinski definition) is 1. The van der Waals surface area contributed by atoms with Gasteiger partial charge in [-0.1, -0.05) is 11.6 Å². The molecule has 1 aliphatic rings. The lowest BCUT2D eigenvalue weighted by Gasteiger charge is -2.04. The van der Waals surface area contributed by atoms with Gasteiger partial charge in [-0.2, -0.15) is 0 Å². The van der Waals surface area contributed by atoms with E-state index in [9.17, 15) is 0 Å². The minimum absolute atomic E-state index is 1.01. The molecule has 0 radical (unpaired) electrons. The molecule has 0 aliphatic carbocycles. The third-order valence-electron chi connectivity index (χ3n) is 2.31. The number of halogens is 1. The van der Waals surface area contributed by atoms with Gasteiger partial charge in [0.1, 0.15) is 0 Å². The molecule has 0 N–H and O–H groups in total. The van der Waals surface area contributed by atoms with Crippen molar-refractivity contribution in [3.8, 4) is 0 Å². The highest BCUT2D eigenvalue weighted by Gasteiger charge is 2.11. The largest absolute Gasteiger partial charge is 0.289 e. The van der Waals surface area contributed by atoms with Crippen molar-refractivity contribution in [2.24, 2.45) is 4.99 Å². The van der Waals surface area contributed by atoms with Gasteiger partial charge < -0.3 is 0 Å². The fourth-order valence-corrected chi connectivity index (χ4v) is 2.27. The number of nitrogens with zero attached hydrogens (tertiary/aromatic N) is 1. The molecule has 0 spiro atoms. The zero-order chi connectivity index (χ0) is 9.26. The molecule has 0 amide bonds. The van der Waals surface area contributed by atoms with Crippen molar-refractivity contribution in [1.29, 1.82) is 0 Å². The molecule has 0 saturated heterocycles. The van der Waals surface area contributed by atoms with Crippen LogP contribution < -0.4 is 0 Å². The Labute approximate surface area is 92.4 Å². The molecule has 0 atom stereocenters. The smallest absolute Gasteiger partial charge is 0.0431 e. The summed E-state index contributed by atoms with van der Waals surface area (Å²) in [6, 6.07) is 6.57. The lowest BCUT2D eigenvalue weighted by atomic mass is 10.1. The molecule has 0 unspecified atom stereocenters. The van der Waals surface area contributed by atoms with E-state index in [-0.39, 0.29) is 0 Å². The summed E-state index contributed by atoms with van der Waals surface area (Å²) in [5, 5.41) is 0. The van der Waals surface area contributed by atoms with Crippen molar-refractivity contribution < 1.29 is 0 Å². The number of aryl methyl sites for hydroxylation is 1. The van der Waals surface area contributed by atoms with E-state index in [4.69, 9.17) is 0 Å². The molecule has 1 heterocycles. The Morgan fingerprint density at radius 1 is 1.38 bits per heavy atom. The first-order valence-electron chi connectivity index (χ1n) is 4.57. The fourth-order valence-electron chi connectivity index (χ4n) is 1.62. The van der Waals surface area contributed by atoms with Crippen LogP contribution in [-0.4, -0.2) is 12.3 Å². The van der Waals surface area contributed by atoms with Crippen molar-refractivity contribution in [1.82, 2.24) is 0 Å². The van der Waals surface area contributed by atoms with Crippen LogP contribution in [0.5, 0.6) is 0 Å². The first-order chi connectivity index (χ1) is 6.27. The Morgan fingerprint density at radius 3 is 2.92 bits per heavy atom. The molecule has 0 aromatic heterocycles. The number of aliphatic imine (C=N–C) groups is 1. The van der Waals surface area contributed by atoms with E-state index in [1.165, 1.54) is 26.8 Å². The summed E-state index contributed by atoms with van der Waals surface area (Å²) in [5.41, 5.74) is 3.97. The van der Waals surface area contributed by atoms with E-state index in [0.717, 1.165) is 13.0 Å². The summed E-state index contributed by atoms with van der Waals surface area (Å²) < 4.78 is 1.32. The van der Waals surface area contributed by atoms with Gasteiger partial charge in [-0.3, -0.25) is 4.99 Å². The molecule has 2 rings (SSSR count). The Kier molecular flexibility index (Phi) is 2.67. The first-order valence-corrected chi connectivity index (χ1v) is 5.65. The standard InChI is InChI=1S/C11H12IN/c1-8-4-5-10(12)9(7-8)11-3-2-6-13-11/h4-5,7H,2-3,6H2,1H3. The van der Waals surface area contributed by atoms with Crippen LogP contribution in [0.15, 0.2) is 23.2 Å². The van der Waals surface area contributed by atoms with E-state index in [0.29, 0.717) is 0 Å². The topological polar surface area (TPSA) is 12.4 Å². The van der Waals surface area contributed by atoms with Crippen LogP contribution in [0.3, 0.4) is 0 Å². The minimum Gasteiger partial charge on any atom is -0.289 e. The van der Waals surface area contributed by atoms with Gasteiger partial charge in [-0.05, 0) is 54.5 Å². The lowest BCUT2D eigenvalue weighted by Crippen LogP contribution is -1.99. The van der Waals surface area contributed by atoms with Crippen LogP contribution in [-0.2, 0) is 0 Å². The molecule has 1 aliphatic heterocycles. The third kappa shape index (κ3) is 1.93. The van der Waals surface area contributed by atoms with Crippen molar-refractivity contribution in [3.63, 3.8) is 0 Å². The molecule has 13 heavy (non-hydrogen) atoms. The van der Waals surface area contributed by atoms with E-state index in [2.05, 4.69) is 52.7 Å². The number of hydrogen-bond donors (Lipinski definition) is 0. The SMILES string of the molecule is Cc1ccc(I)c(C2=NCCC2)c1. The van der Waals surface area contributed by atoms with Crippen LogP contribution in [0.1, 0.15) is 24.0 Å². The summed E-state index contributed by atoms with van der Waals surface area (Å²) in [6.07, 6.45) is 2.37. The zero-order valence-electron chi connectivity index (χ0n) is 7.68. The average molecular weight is 285 g/mol. The maximum absolute atomic E-state index is 4.52. The molecular formula is C11H12IN. The predicted molar refractivity (Wildman–Crippen MR) is 64.5 cm³/mol. The Hall–Kier alpha value is -0.380. The van der Waals surface area contributed by atoms with Gasteiger partial charge >= 0.3 is 0 Å². The maximum atomic E-state index is 4.52. The molecular weight excluding hydrogens is 273 g/mol. The quantitative estimate of drug-likeness (QED) is 0.703. The van der Waals surface area contributed by atoms with E-state index >= 15 is 0 Å². The number of benzene rings is 1. The molecule has 68 valence electrons. The van der Waals surface area contributed by atoms with Crippen molar-refractivity contribution in [2.45, 2.75) is 19.8 Å². The second-order valence-corrected chi connectivity index (χ2v) is 4.58. The van der Waals surface area contributed by atoms with Crippen LogP contribution >= 0.6 is 22.6 Å². The molecule has 2 heteroatoms. The molecule has 0 saturated carbocycles. The van der Waals surface area contributed by atoms with Gasteiger partial charge in [0, 0.05) is 21.4 Å². The fraction of sp³-hybridized carbons (Fsp3) is 0.364. The van der Waals surface area contributed by atoms with Crippen molar-refractivity contribution in [3.05, 3.63) is 32.9 Å². The highest BCUT2D eigenvalue weighted by atomic mass is 127. The lowest BCUT2D eigenvalue weighted by molar-refractivity contribution is 0.951. The van der Waals surface area contributed by atoms with Crippen LogP contribution in [0.4, 0.5) is 0 Å². The average Bonchev–Trinajstić information content (AvgIpc) is 2.61. The number of rotatable bonds is 1. The van der Waals surface area contributed by atoms with Gasteiger partial charge in [0.25, 0.3) is 0 Å². The Morgan fingerprint density at radius 2 is 2.23 bits per heavy atom. The Bertz CT molecular complexity index is 355. The summed E-state index contributed by atoms with van der Waals surface area (Å²) in [5.74, 6) is 0. The van der Waals surface area contributed by atoms with Gasteiger partial charge in [-0.15, -0.1) is 0 Å².